The maximum atomic E-state index is 12.3. The molecule has 1 unspecified atom stereocenters. The fourth-order valence-corrected chi connectivity index (χ4v) is 2.50. The fourth-order valence-electron chi connectivity index (χ4n) is 2.50. The van der Waals surface area contributed by atoms with Crippen molar-refractivity contribution in [3.05, 3.63) is 40.4 Å². The van der Waals surface area contributed by atoms with Gasteiger partial charge in [-0.25, -0.2) is 4.98 Å². The molecule has 0 aliphatic carbocycles. The number of para-hydroxylation sites is 1. The van der Waals surface area contributed by atoms with Crippen molar-refractivity contribution in [2.24, 2.45) is 0 Å². The molecule has 2 aromatic rings. The minimum absolute atomic E-state index is 0.00268. The summed E-state index contributed by atoms with van der Waals surface area (Å²) >= 11 is 0. The van der Waals surface area contributed by atoms with Crippen molar-refractivity contribution >= 4 is 10.9 Å². The van der Waals surface area contributed by atoms with Gasteiger partial charge in [0.05, 0.1) is 30.2 Å². The van der Waals surface area contributed by atoms with Crippen molar-refractivity contribution in [2.75, 3.05) is 13.2 Å². The summed E-state index contributed by atoms with van der Waals surface area (Å²) < 4.78 is 1.70. The van der Waals surface area contributed by atoms with E-state index >= 15 is 0 Å². The van der Waals surface area contributed by atoms with Gasteiger partial charge in [-0.3, -0.25) is 14.3 Å². The zero-order valence-corrected chi connectivity index (χ0v) is 10.2. The Hall–Kier alpha value is -1.72. The molecule has 1 aliphatic heterocycles. The van der Waals surface area contributed by atoms with Crippen LogP contribution >= 0.6 is 0 Å². The number of hydrogen-bond donors (Lipinski definition) is 1. The van der Waals surface area contributed by atoms with Crippen LogP contribution in [0, 0.1) is 0 Å². The number of benzene rings is 1. The lowest BCUT2D eigenvalue weighted by Crippen LogP contribution is -2.26. The Balaban J connectivity index is 2.19. The Labute approximate surface area is 104 Å². The molecule has 1 aliphatic rings. The second kappa shape index (κ2) is 4.19. The molecule has 1 N–H and O–H groups in total. The number of rotatable bonds is 2. The molecule has 0 saturated carbocycles. The summed E-state index contributed by atoms with van der Waals surface area (Å²) in [5.41, 5.74) is 0.745. The van der Waals surface area contributed by atoms with Crippen molar-refractivity contribution in [3.63, 3.8) is 0 Å². The molecule has 1 aromatic carbocycles. The summed E-state index contributed by atoms with van der Waals surface area (Å²) in [7, 11) is 0. The van der Waals surface area contributed by atoms with E-state index in [2.05, 4.69) is 4.98 Å². The molecule has 3 rings (SSSR count). The summed E-state index contributed by atoms with van der Waals surface area (Å²) in [5.74, 6) is 0.784. The van der Waals surface area contributed by atoms with Gasteiger partial charge in [-0.2, -0.15) is 0 Å². The first-order valence-corrected chi connectivity index (χ1v) is 6.07. The Kier molecular flexibility index (Phi) is 2.65. The topological polar surface area (TPSA) is 58.4 Å². The van der Waals surface area contributed by atoms with E-state index in [-0.39, 0.29) is 18.2 Å². The van der Waals surface area contributed by atoms with Crippen molar-refractivity contribution in [1.29, 1.82) is 0 Å². The lowest BCUT2D eigenvalue weighted by atomic mass is 10.2. The first-order valence-electron chi connectivity index (χ1n) is 6.07. The molecule has 0 radical (unpaired) electrons. The molecule has 1 aromatic heterocycles. The first-order chi connectivity index (χ1) is 8.72. The van der Waals surface area contributed by atoms with Crippen LogP contribution in [0.15, 0.2) is 29.1 Å². The van der Waals surface area contributed by atoms with Crippen LogP contribution in [0.5, 0.6) is 0 Å². The largest absolute Gasteiger partial charge is 0.395 e. The summed E-state index contributed by atoms with van der Waals surface area (Å²) in [6, 6.07) is 7.46. The van der Waals surface area contributed by atoms with E-state index in [9.17, 15) is 4.79 Å². The quantitative estimate of drug-likeness (QED) is 0.847. The highest BCUT2D eigenvalue weighted by Gasteiger charge is 2.29. The van der Waals surface area contributed by atoms with Crippen LogP contribution < -0.4 is 5.56 Å². The van der Waals surface area contributed by atoms with Crippen LogP contribution in [-0.2, 0) is 6.67 Å². The van der Waals surface area contributed by atoms with Crippen molar-refractivity contribution in [1.82, 2.24) is 14.5 Å². The first kappa shape index (κ1) is 11.4. The number of β-amino-alcohol motifs (C(OH)–C–C–N with tert-alkyl or cyclic N) is 1. The molecule has 0 fully saturated rings. The van der Waals surface area contributed by atoms with Gasteiger partial charge in [0.15, 0.2) is 0 Å². The second-order valence-electron chi connectivity index (χ2n) is 4.57. The zero-order chi connectivity index (χ0) is 12.7. The molecule has 1 atom stereocenters. The van der Waals surface area contributed by atoms with Crippen LogP contribution in [-0.4, -0.2) is 32.7 Å². The minimum atomic E-state index is 0.00268. The van der Waals surface area contributed by atoms with Crippen LogP contribution in [0.4, 0.5) is 0 Å². The standard InChI is InChI=1S/C13H15N3O2/c1-9-12-14-11-5-3-2-4-10(11)13(18)16(12)8-15(9)6-7-17/h2-5,9,17H,6-8H2,1H3. The molecule has 5 heteroatoms. The third-order valence-electron chi connectivity index (χ3n) is 3.52. The molecular weight excluding hydrogens is 230 g/mol. The van der Waals surface area contributed by atoms with Gasteiger partial charge >= 0.3 is 0 Å². The summed E-state index contributed by atoms with van der Waals surface area (Å²) in [4.78, 5) is 19.0. The monoisotopic (exact) mass is 245 g/mol. The van der Waals surface area contributed by atoms with Crippen molar-refractivity contribution in [3.8, 4) is 0 Å². The molecule has 0 saturated heterocycles. The Morgan fingerprint density at radius 3 is 3.00 bits per heavy atom. The van der Waals surface area contributed by atoms with E-state index in [1.165, 1.54) is 0 Å². The Morgan fingerprint density at radius 1 is 1.44 bits per heavy atom. The van der Waals surface area contributed by atoms with Crippen molar-refractivity contribution < 1.29 is 5.11 Å². The van der Waals surface area contributed by atoms with E-state index < -0.39 is 0 Å². The number of fused-ring (bicyclic) bond motifs is 2. The van der Waals surface area contributed by atoms with Gasteiger partial charge < -0.3 is 5.11 Å². The molecule has 0 bridgehead atoms. The molecule has 5 nitrogen and oxygen atoms in total. The van der Waals surface area contributed by atoms with Gasteiger partial charge in [0.25, 0.3) is 5.56 Å². The SMILES string of the molecule is CC1c2nc3ccccc3c(=O)n2CN1CCO. The molecule has 18 heavy (non-hydrogen) atoms. The predicted octanol–water partition coefficient (Wildman–Crippen LogP) is 0.723. The number of aliphatic hydroxyl groups excluding tert-OH is 1. The van der Waals surface area contributed by atoms with Gasteiger partial charge in [-0.15, -0.1) is 0 Å². The highest BCUT2D eigenvalue weighted by molar-refractivity contribution is 5.77. The molecule has 94 valence electrons. The van der Waals surface area contributed by atoms with Gasteiger partial charge in [0, 0.05) is 6.54 Å². The molecular formula is C13H15N3O2. The fraction of sp³-hybridized carbons (Fsp3) is 0.385. The van der Waals surface area contributed by atoms with E-state index in [4.69, 9.17) is 5.11 Å². The van der Waals surface area contributed by atoms with Crippen LogP contribution in [0.2, 0.25) is 0 Å². The van der Waals surface area contributed by atoms with Gasteiger partial charge in [-0.1, -0.05) is 12.1 Å². The molecule has 0 amide bonds. The lowest BCUT2D eigenvalue weighted by molar-refractivity contribution is 0.156. The summed E-state index contributed by atoms with van der Waals surface area (Å²) in [6.07, 6.45) is 0. The Morgan fingerprint density at radius 2 is 2.22 bits per heavy atom. The van der Waals surface area contributed by atoms with Gasteiger partial charge in [0.1, 0.15) is 5.82 Å². The maximum absolute atomic E-state index is 12.3. The van der Waals surface area contributed by atoms with Crippen LogP contribution in [0.3, 0.4) is 0 Å². The number of aromatic nitrogens is 2. The van der Waals surface area contributed by atoms with Gasteiger partial charge in [0.2, 0.25) is 0 Å². The third-order valence-corrected chi connectivity index (χ3v) is 3.52. The third kappa shape index (κ3) is 1.55. The highest BCUT2D eigenvalue weighted by atomic mass is 16.3. The second-order valence-corrected chi connectivity index (χ2v) is 4.57. The van der Waals surface area contributed by atoms with Crippen molar-refractivity contribution in [2.45, 2.75) is 19.6 Å². The number of hydrogen-bond acceptors (Lipinski definition) is 4. The highest BCUT2D eigenvalue weighted by Crippen LogP contribution is 2.25. The Bertz CT molecular complexity index is 650. The maximum Gasteiger partial charge on any atom is 0.262 e. The summed E-state index contributed by atoms with van der Waals surface area (Å²) in [5, 5.41) is 9.68. The number of nitrogens with zero attached hydrogens (tertiary/aromatic N) is 3. The minimum Gasteiger partial charge on any atom is -0.395 e. The number of aliphatic hydroxyl groups is 1. The van der Waals surface area contributed by atoms with Crippen LogP contribution in [0.1, 0.15) is 18.8 Å². The molecule has 2 heterocycles. The average Bonchev–Trinajstić information content (AvgIpc) is 2.69. The van der Waals surface area contributed by atoms with E-state index in [1.807, 2.05) is 30.0 Å². The smallest absolute Gasteiger partial charge is 0.262 e. The predicted molar refractivity (Wildman–Crippen MR) is 68.2 cm³/mol. The molecule has 0 spiro atoms. The van der Waals surface area contributed by atoms with Gasteiger partial charge in [-0.05, 0) is 19.1 Å². The summed E-state index contributed by atoms with van der Waals surface area (Å²) in [6.45, 7) is 3.16. The van der Waals surface area contributed by atoms with E-state index in [0.29, 0.717) is 18.6 Å². The normalized spacial score (nSPS) is 19.3. The average molecular weight is 245 g/mol. The van der Waals surface area contributed by atoms with E-state index in [1.54, 1.807) is 10.6 Å². The van der Waals surface area contributed by atoms with E-state index in [0.717, 1.165) is 11.3 Å². The zero-order valence-electron chi connectivity index (χ0n) is 10.2. The van der Waals surface area contributed by atoms with Crippen LogP contribution in [0.25, 0.3) is 10.9 Å². The lowest BCUT2D eigenvalue weighted by Gasteiger charge is -2.17.